The molecule has 0 spiro atoms. The van der Waals surface area contributed by atoms with E-state index in [4.69, 9.17) is 0 Å². The normalized spacial score (nSPS) is 17.4. The van der Waals surface area contributed by atoms with Crippen LogP contribution < -0.4 is 5.32 Å². The Labute approximate surface area is 92.5 Å². The predicted octanol–water partition coefficient (Wildman–Crippen LogP) is 0.297. The fraction of sp³-hybridized carbons (Fsp3) is 0.700. The Balaban J connectivity index is 1.96. The average molecular weight is 227 g/mol. The Hall–Kier alpha value is -0.680. The number of hydrogen-bond acceptors (Lipinski definition) is 3. The van der Waals surface area contributed by atoms with Crippen molar-refractivity contribution in [1.82, 2.24) is 14.9 Å². The van der Waals surface area contributed by atoms with E-state index >= 15 is 0 Å². The van der Waals surface area contributed by atoms with Crippen LogP contribution in [0.3, 0.4) is 0 Å². The van der Waals surface area contributed by atoms with E-state index in [9.17, 15) is 4.21 Å². The highest BCUT2D eigenvalue weighted by Gasteiger charge is 2.13. The first kappa shape index (κ1) is 10.8. The maximum atomic E-state index is 10.9. The van der Waals surface area contributed by atoms with Crippen LogP contribution in [0.1, 0.15) is 17.8 Å². The molecule has 1 atom stereocenters. The highest BCUT2D eigenvalue weighted by atomic mass is 32.2. The van der Waals surface area contributed by atoms with Gasteiger partial charge >= 0.3 is 0 Å². The van der Waals surface area contributed by atoms with E-state index in [-0.39, 0.29) is 0 Å². The lowest BCUT2D eigenvalue weighted by molar-refractivity contribution is 0.581. The van der Waals surface area contributed by atoms with Crippen molar-refractivity contribution in [1.29, 1.82) is 0 Å². The molecule has 4 nitrogen and oxygen atoms in total. The number of nitrogens with zero attached hydrogens (tertiary/aromatic N) is 2. The Morgan fingerprint density at radius 1 is 1.67 bits per heavy atom. The van der Waals surface area contributed by atoms with Crippen LogP contribution in [-0.2, 0) is 30.3 Å². The van der Waals surface area contributed by atoms with Crippen LogP contribution >= 0.6 is 0 Å². The molecule has 2 rings (SSSR count). The summed E-state index contributed by atoms with van der Waals surface area (Å²) >= 11 is 0. The number of nitrogens with one attached hydrogen (secondary N) is 1. The standard InChI is InChI=1S/C10H17N3OS/c1-15(14)6-2-5-13-8-12-9-7-11-4-3-10(9)13/h8,11H,2-7H2,1H3. The van der Waals surface area contributed by atoms with Gasteiger partial charge in [0.25, 0.3) is 0 Å². The second-order valence-corrected chi connectivity index (χ2v) is 5.44. The molecular formula is C10H17N3OS. The van der Waals surface area contributed by atoms with Crippen LogP contribution in [0.4, 0.5) is 0 Å². The van der Waals surface area contributed by atoms with Crippen LogP contribution in [0, 0.1) is 0 Å². The zero-order valence-corrected chi connectivity index (χ0v) is 9.85. The molecular weight excluding hydrogens is 210 g/mol. The third kappa shape index (κ3) is 2.66. The van der Waals surface area contributed by atoms with E-state index in [0.29, 0.717) is 0 Å². The summed E-state index contributed by atoms with van der Waals surface area (Å²) in [4.78, 5) is 4.38. The summed E-state index contributed by atoms with van der Waals surface area (Å²) < 4.78 is 13.1. The molecule has 0 aliphatic carbocycles. The maximum absolute atomic E-state index is 10.9. The molecule has 2 heterocycles. The van der Waals surface area contributed by atoms with Gasteiger partial charge in [0.15, 0.2) is 0 Å². The number of aromatic nitrogens is 2. The lowest BCUT2D eigenvalue weighted by atomic mass is 10.2. The van der Waals surface area contributed by atoms with Crippen molar-refractivity contribution in [2.45, 2.75) is 25.9 Å². The fourth-order valence-electron chi connectivity index (χ4n) is 1.93. The van der Waals surface area contributed by atoms with Gasteiger partial charge in [-0.15, -0.1) is 0 Å². The molecule has 1 aliphatic rings. The lowest BCUT2D eigenvalue weighted by Gasteiger charge is -2.14. The molecule has 1 unspecified atom stereocenters. The summed E-state index contributed by atoms with van der Waals surface area (Å²) in [7, 11) is -0.675. The first-order chi connectivity index (χ1) is 7.27. The van der Waals surface area contributed by atoms with Crippen molar-refractivity contribution in [3.05, 3.63) is 17.7 Å². The van der Waals surface area contributed by atoms with Gasteiger partial charge in [0.1, 0.15) is 0 Å². The second-order valence-electron chi connectivity index (χ2n) is 3.89. The smallest absolute Gasteiger partial charge is 0.0952 e. The van der Waals surface area contributed by atoms with E-state index in [1.807, 2.05) is 6.33 Å². The number of aryl methyl sites for hydroxylation is 1. The summed E-state index contributed by atoms with van der Waals surface area (Å²) in [6.07, 6.45) is 5.70. The zero-order chi connectivity index (χ0) is 10.7. The summed E-state index contributed by atoms with van der Waals surface area (Å²) in [5.74, 6) is 0.783. The largest absolute Gasteiger partial charge is 0.334 e. The molecule has 1 aromatic rings. The number of hydrogen-bond donors (Lipinski definition) is 1. The Kier molecular flexibility index (Phi) is 3.53. The van der Waals surface area contributed by atoms with E-state index in [0.717, 1.165) is 38.2 Å². The molecule has 5 heteroatoms. The predicted molar refractivity (Wildman–Crippen MR) is 61.2 cm³/mol. The molecule has 0 saturated carbocycles. The van der Waals surface area contributed by atoms with Crippen LogP contribution in [0.25, 0.3) is 0 Å². The molecule has 1 aromatic heterocycles. The molecule has 1 N–H and O–H groups in total. The first-order valence-electron chi connectivity index (χ1n) is 5.31. The molecule has 0 amide bonds. The third-order valence-electron chi connectivity index (χ3n) is 2.69. The van der Waals surface area contributed by atoms with E-state index in [1.165, 1.54) is 11.4 Å². The van der Waals surface area contributed by atoms with Gasteiger partial charge in [0.2, 0.25) is 0 Å². The van der Waals surface area contributed by atoms with E-state index in [1.54, 1.807) is 6.26 Å². The van der Waals surface area contributed by atoms with Crippen LogP contribution in [0.5, 0.6) is 0 Å². The molecule has 0 aromatic carbocycles. The Morgan fingerprint density at radius 2 is 2.53 bits per heavy atom. The van der Waals surface area contributed by atoms with E-state index in [2.05, 4.69) is 14.9 Å². The summed E-state index contributed by atoms with van der Waals surface area (Å²) in [6.45, 7) is 2.88. The van der Waals surface area contributed by atoms with Gasteiger partial charge in [-0.25, -0.2) is 4.98 Å². The summed E-state index contributed by atoms with van der Waals surface area (Å²) in [5, 5.41) is 3.30. The number of fused-ring (bicyclic) bond motifs is 1. The Bertz CT molecular complexity index is 362. The monoisotopic (exact) mass is 227 g/mol. The zero-order valence-electron chi connectivity index (χ0n) is 9.03. The van der Waals surface area contributed by atoms with E-state index < -0.39 is 10.8 Å². The van der Waals surface area contributed by atoms with Gasteiger partial charge in [-0.05, 0) is 6.42 Å². The van der Waals surface area contributed by atoms with Crippen molar-refractivity contribution in [3.8, 4) is 0 Å². The van der Waals surface area contributed by atoms with Crippen LogP contribution in [-0.4, -0.2) is 32.3 Å². The highest BCUT2D eigenvalue weighted by Crippen LogP contribution is 2.12. The van der Waals surface area contributed by atoms with Gasteiger partial charge in [0, 0.05) is 54.6 Å². The molecule has 0 bridgehead atoms. The second kappa shape index (κ2) is 4.90. The summed E-state index contributed by atoms with van der Waals surface area (Å²) in [5.41, 5.74) is 2.54. The van der Waals surface area contributed by atoms with Gasteiger partial charge in [0.05, 0.1) is 12.0 Å². The fourth-order valence-corrected chi connectivity index (χ4v) is 2.46. The lowest BCUT2D eigenvalue weighted by Crippen LogP contribution is -2.25. The van der Waals surface area contributed by atoms with Crippen molar-refractivity contribution < 1.29 is 4.21 Å². The van der Waals surface area contributed by atoms with Gasteiger partial charge < -0.3 is 9.88 Å². The van der Waals surface area contributed by atoms with Gasteiger partial charge in [-0.2, -0.15) is 0 Å². The quantitative estimate of drug-likeness (QED) is 0.804. The van der Waals surface area contributed by atoms with Crippen molar-refractivity contribution in [2.24, 2.45) is 0 Å². The maximum Gasteiger partial charge on any atom is 0.0952 e. The minimum atomic E-state index is -0.675. The van der Waals surface area contributed by atoms with Crippen molar-refractivity contribution >= 4 is 10.8 Å². The highest BCUT2D eigenvalue weighted by molar-refractivity contribution is 7.84. The molecule has 0 fully saturated rings. The van der Waals surface area contributed by atoms with Gasteiger partial charge in [-0.3, -0.25) is 4.21 Å². The topological polar surface area (TPSA) is 46.9 Å². The average Bonchev–Trinajstić information content (AvgIpc) is 2.62. The number of imidazole rings is 1. The minimum absolute atomic E-state index is 0.675. The molecule has 0 saturated heterocycles. The molecule has 84 valence electrons. The molecule has 15 heavy (non-hydrogen) atoms. The van der Waals surface area contributed by atoms with Crippen LogP contribution in [0.2, 0.25) is 0 Å². The SMILES string of the molecule is CS(=O)CCCn1cnc2c1CCNC2. The molecule has 1 aliphatic heterocycles. The van der Waals surface area contributed by atoms with Crippen molar-refractivity contribution in [3.63, 3.8) is 0 Å². The van der Waals surface area contributed by atoms with Gasteiger partial charge in [-0.1, -0.05) is 0 Å². The number of rotatable bonds is 4. The molecule has 0 radical (unpaired) electrons. The van der Waals surface area contributed by atoms with Crippen LogP contribution in [0.15, 0.2) is 6.33 Å². The summed E-state index contributed by atoms with van der Waals surface area (Å²) in [6, 6.07) is 0. The third-order valence-corrected chi connectivity index (χ3v) is 3.56. The Morgan fingerprint density at radius 3 is 3.33 bits per heavy atom. The minimum Gasteiger partial charge on any atom is -0.334 e. The first-order valence-corrected chi connectivity index (χ1v) is 7.03. The van der Waals surface area contributed by atoms with Crippen molar-refractivity contribution in [2.75, 3.05) is 18.6 Å².